The first kappa shape index (κ1) is 19.1. The molecule has 2 N–H and O–H groups in total. The molecule has 7 heteroatoms. The molecule has 0 saturated heterocycles. The standard InChI is InChI=1S/C22H22N4O2S/c1-15-6-5-7-16(12-15)24-21(27)14-29-22-19-13-18(25-26(19)11-10-23-22)17-8-3-4-9-20(17)28-2/h3-13,22-23H,14H2,1-2H3,(H,24,27). The van der Waals surface area contributed by atoms with Crippen molar-refractivity contribution in [2.75, 3.05) is 18.2 Å². The van der Waals surface area contributed by atoms with E-state index < -0.39 is 0 Å². The summed E-state index contributed by atoms with van der Waals surface area (Å²) in [6, 6.07) is 17.6. The van der Waals surface area contributed by atoms with E-state index in [1.54, 1.807) is 7.11 Å². The lowest BCUT2D eigenvalue weighted by molar-refractivity contribution is -0.113. The van der Waals surface area contributed by atoms with E-state index in [0.717, 1.165) is 34.0 Å². The van der Waals surface area contributed by atoms with Crippen LogP contribution in [0, 0.1) is 6.92 Å². The second-order valence-electron chi connectivity index (χ2n) is 6.69. The molecule has 6 nitrogen and oxygen atoms in total. The largest absolute Gasteiger partial charge is 0.496 e. The van der Waals surface area contributed by atoms with E-state index in [4.69, 9.17) is 4.74 Å². The molecule has 0 saturated carbocycles. The smallest absolute Gasteiger partial charge is 0.234 e. The maximum Gasteiger partial charge on any atom is 0.234 e. The average Bonchev–Trinajstić information content (AvgIpc) is 3.17. The molecule has 148 valence electrons. The Bertz CT molecular complexity index is 1060. The van der Waals surface area contributed by atoms with Gasteiger partial charge in [-0.05, 0) is 42.8 Å². The van der Waals surface area contributed by atoms with Gasteiger partial charge >= 0.3 is 0 Å². The van der Waals surface area contributed by atoms with Crippen LogP contribution in [0.5, 0.6) is 5.75 Å². The molecule has 1 atom stereocenters. The van der Waals surface area contributed by atoms with E-state index in [0.29, 0.717) is 5.75 Å². The first-order valence-corrected chi connectivity index (χ1v) is 10.3. The molecule has 1 unspecified atom stereocenters. The monoisotopic (exact) mass is 406 g/mol. The molecule has 0 spiro atoms. The summed E-state index contributed by atoms with van der Waals surface area (Å²) in [6.45, 7) is 2.00. The summed E-state index contributed by atoms with van der Waals surface area (Å²) in [6.07, 6.45) is 3.72. The van der Waals surface area contributed by atoms with Gasteiger partial charge in [-0.1, -0.05) is 24.3 Å². The maximum atomic E-state index is 12.4. The highest BCUT2D eigenvalue weighted by molar-refractivity contribution is 8.00. The number of aryl methyl sites for hydroxylation is 1. The van der Waals surface area contributed by atoms with E-state index in [9.17, 15) is 4.79 Å². The molecule has 1 aliphatic rings. The summed E-state index contributed by atoms with van der Waals surface area (Å²) in [7, 11) is 1.65. The maximum absolute atomic E-state index is 12.4. The Labute approximate surface area is 174 Å². The van der Waals surface area contributed by atoms with Crippen LogP contribution in [0.4, 0.5) is 5.69 Å². The second kappa shape index (κ2) is 8.45. The van der Waals surface area contributed by atoms with Gasteiger partial charge in [0.05, 0.1) is 24.3 Å². The zero-order valence-electron chi connectivity index (χ0n) is 16.3. The van der Waals surface area contributed by atoms with Crippen LogP contribution in [0.3, 0.4) is 0 Å². The number of hydrogen-bond donors (Lipinski definition) is 2. The van der Waals surface area contributed by atoms with Crippen LogP contribution in [0.15, 0.2) is 60.8 Å². The number of carbonyl (C=O) groups excluding carboxylic acids is 1. The van der Waals surface area contributed by atoms with Gasteiger partial charge in [0, 0.05) is 23.7 Å². The second-order valence-corrected chi connectivity index (χ2v) is 7.78. The summed E-state index contributed by atoms with van der Waals surface area (Å²) in [4.78, 5) is 12.4. The first-order chi connectivity index (χ1) is 14.1. The minimum atomic E-state index is -0.0702. The summed E-state index contributed by atoms with van der Waals surface area (Å²) in [5, 5.41) is 10.9. The average molecular weight is 407 g/mol. The van der Waals surface area contributed by atoms with Crippen LogP contribution in [0.1, 0.15) is 16.6 Å². The van der Waals surface area contributed by atoms with E-state index in [-0.39, 0.29) is 11.3 Å². The lowest BCUT2D eigenvalue weighted by atomic mass is 10.1. The van der Waals surface area contributed by atoms with E-state index in [1.807, 2.05) is 78.6 Å². The fraction of sp³-hybridized carbons (Fsp3) is 0.182. The van der Waals surface area contributed by atoms with Crippen molar-refractivity contribution in [3.63, 3.8) is 0 Å². The Kier molecular flexibility index (Phi) is 5.57. The number of amides is 1. The number of ether oxygens (including phenoxy) is 1. The van der Waals surface area contributed by atoms with Gasteiger partial charge in [-0.3, -0.25) is 4.79 Å². The van der Waals surface area contributed by atoms with Crippen molar-refractivity contribution in [2.45, 2.75) is 12.3 Å². The Hall–Kier alpha value is -3.19. The molecule has 1 amide bonds. The van der Waals surface area contributed by atoms with E-state index in [2.05, 4.69) is 15.7 Å². The normalized spacial score (nSPS) is 14.8. The molecule has 3 aromatic rings. The van der Waals surface area contributed by atoms with Gasteiger partial charge in [0.1, 0.15) is 11.1 Å². The lowest BCUT2D eigenvalue weighted by Gasteiger charge is -2.20. The van der Waals surface area contributed by atoms with Gasteiger partial charge in [0.2, 0.25) is 5.91 Å². The predicted octanol–water partition coefficient (Wildman–Crippen LogP) is 4.27. The van der Waals surface area contributed by atoms with Gasteiger partial charge in [0.15, 0.2) is 0 Å². The summed E-state index contributed by atoms with van der Waals surface area (Å²) >= 11 is 1.52. The van der Waals surface area contributed by atoms with Gasteiger partial charge in [-0.15, -0.1) is 11.8 Å². The summed E-state index contributed by atoms with van der Waals surface area (Å²) in [5.74, 6) is 1.07. The van der Waals surface area contributed by atoms with Gasteiger partial charge in [-0.25, -0.2) is 4.68 Å². The van der Waals surface area contributed by atoms with Crippen LogP contribution in [-0.2, 0) is 4.79 Å². The van der Waals surface area contributed by atoms with Crippen LogP contribution >= 0.6 is 11.8 Å². The number of aromatic nitrogens is 2. The molecule has 0 aliphatic carbocycles. The number of rotatable bonds is 6. The first-order valence-electron chi connectivity index (χ1n) is 9.28. The third-order valence-electron chi connectivity index (χ3n) is 4.56. The molecule has 1 aliphatic heterocycles. The Balaban J connectivity index is 1.46. The molecule has 2 aromatic carbocycles. The van der Waals surface area contributed by atoms with Crippen molar-refractivity contribution in [3.05, 3.63) is 72.1 Å². The fourth-order valence-electron chi connectivity index (χ4n) is 3.21. The quantitative estimate of drug-likeness (QED) is 0.640. The molecule has 0 radical (unpaired) electrons. The highest BCUT2D eigenvalue weighted by Crippen LogP contribution is 2.34. The molecular weight excluding hydrogens is 384 g/mol. The highest BCUT2D eigenvalue weighted by atomic mass is 32.2. The third-order valence-corrected chi connectivity index (χ3v) is 5.70. The Morgan fingerprint density at radius 2 is 2.10 bits per heavy atom. The van der Waals surface area contributed by atoms with Crippen molar-refractivity contribution < 1.29 is 9.53 Å². The number of thioether (sulfide) groups is 1. The van der Waals surface area contributed by atoms with Crippen molar-refractivity contribution in [1.29, 1.82) is 0 Å². The van der Waals surface area contributed by atoms with Gasteiger partial charge < -0.3 is 15.4 Å². The minimum Gasteiger partial charge on any atom is -0.496 e. The van der Waals surface area contributed by atoms with Crippen molar-refractivity contribution in [3.8, 4) is 17.0 Å². The zero-order chi connectivity index (χ0) is 20.2. The molecule has 0 fully saturated rings. The van der Waals surface area contributed by atoms with Crippen LogP contribution < -0.4 is 15.4 Å². The van der Waals surface area contributed by atoms with E-state index >= 15 is 0 Å². The zero-order valence-corrected chi connectivity index (χ0v) is 17.1. The number of anilines is 1. The topological polar surface area (TPSA) is 68.2 Å². The van der Waals surface area contributed by atoms with Gasteiger partial charge in [0.25, 0.3) is 0 Å². The number of para-hydroxylation sites is 1. The summed E-state index contributed by atoms with van der Waals surface area (Å²) in [5.41, 5.74) is 4.69. The number of nitrogens with zero attached hydrogens (tertiary/aromatic N) is 2. The van der Waals surface area contributed by atoms with Crippen LogP contribution in [0.25, 0.3) is 17.5 Å². The highest BCUT2D eigenvalue weighted by Gasteiger charge is 2.22. The molecule has 2 heterocycles. The summed E-state index contributed by atoms with van der Waals surface area (Å²) < 4.78 is 7.30. The van der Waals surface area contributed by atoms with Crippen LogP contribution in [-0.4, -0.2) is 28.6 Å². The number of benzene rings is 2. The molecule has 29 heavy (non-hydrogen) atoms. The van der Waals surface area contributed by atoms with E-state index in [1.165, 1.54) is 11.8 Å². The number of methoxy groups -OCH3 is 1. The van der Waals surface area contributed by atoms with Crippen molar-refractivity contribution in [2.24, 2.45) is 0 Å². The molecule has 1 aromatic heterocycles. The minimum absolute atomic E-state index is 0.0343. The number of nitrogens with one attached hydrogen (secondary N) is 2. The number of fused-ring (bicyclic) bond motifs is 1. The molecule has 0 bridgehead atoms. The van der Waals surface area contributed by atoms with Gasteiger partial charge in [-0.2, -0.15) is 5.10 Å². The fourth-order valence-corrected chi connectivity index (χ4v) is 4.12. The predicted molar refractivity (Wildman–Crippen MR) is 118 cm³/mol. The number of carbonyl (C=O) groups is 1. The SMILES string of the molecule is COc1ccccc1-c1cc2n(n1)C=CNC2SCC(=O)Nc1cccc(C)c1. The lowest BCUT2D eigenvalue weighted by Crippen LogP contribution is -2.22. The Morgan fingerprint density at radius 3 is 2.93 bits per heavy atom. The van der Waals surface area contributed by atoms with Crippen molar-refractivity contribution >= 4 is 29.6 Å². The van der Waals surface area contributed by atoms with Crippen LogP contribution in [0.2, 0.25) is 0 Å². The molecular formula is C22H22N4O2S. The van der Waals surface area contributed by atoms with Crippen molar-refractivity contribution in [1.82, 2.24) is 15.1 Å². The number of hydrogen-bond acceptors (Lipinski definition) is 5. The third kappa shape index (κ3) is 4.30. The Morgan fingerprint density at radius 1 is 1.24 bits per heavy atom. The molecule has 4 rings (SSSR count).